The Morgan fingerprint density at radius 3 is 2.60 bits per heavy atom. The van der Waals surface area contributed by atoms with E-state index in [0.717, 1.165) is 22.1 Å². The van der Waals surface area contributed by atoms with Gasteiger partial charge in [-0.1, -0.05) is 42.1 Å². The average molecular weight is 354 g/mol. The highest BCUT2D eigenvalue weighted by Crippen LogP contribution is 2.26. The molecule has 3 aromatic rings. The number of benzene rings is 1. The Kier molecular flexibility index (Phi) is 5.08. The van der Waals surface area contributed by atoms with Crippen LogP contribution in [0.5, 0.6) is 0 Å². The molecule has 1 aromatic carbocycles. The molecule has 0 spiro atoms. The van der Waals surface area contributed by atoms with Crippen molar-refractivity contribution in [3.8, 4) is 0 Å². The highest BCUT2D eigenvalue weighted by molar-refractivity contribution is 7.99. The van der Waals surface area contributed by atoms with Gasteiger partial charge in [0.2, 0.25) is 0 Å². The molecule has 1 atom stereocenters. The summed E-state index contributed by atoms with van der Waals surface area (Å²) in [5.74, 6) is 0.476. The largest absolute Gasteiger partial charge is 0.341 e. The monoisotopic (exact) mass is 354 g/mol. The van der Waals surface area contributed by atoms with Crippen LogP contribution in [0, 0.1) is 13.8 Å². The van der Waals surface area contributed by atoms with Crippen LogP contribution in [0.2, 0.25) is 0 Å². The van der Waals surface area contributed by atoms with Crippen LogP contribution in [0.15, 0.2) is 47.9 Å². The topological polar surface area (TPSA) is 52.7 Å². The number of Topliss-reactive ketones (excluding diaryl/α,β-unsaturated/α-hetero) is 1. The summed E-state index contributed by atoms with van der Waals surface area (Å²) < 4.78 is 4.05. The molecule has 130 valence electrons. The van der Waals surface area contributed by atoms with E-state index in [0.29, 0.717) is 5.75 Å². The van der Waals surface area contributed by atoms with Crippen molar-refractivity contribution in [3.63, 3.8) is 0 Å². The van der Waals surface area contributed by atoms with Gasteiger partial charge in [-0.25, -0.2) is 0 Å². The minimum absolute atomic E-state index is 0.118. The summed E-state index contributed by atoms with van der Waals surface area (Å²) in [6.07, 6.45) is 1.64. The Morgan fingerprint density at radius 1 is 1.24 bits per heavy atom. The first kappa shape index (κ1) is 17.5. The van der Waals surface area contributed by atoms with Gasteiger partial charge in [0.25, 0.3) is 0 Å². The van der Waals surface area contributed by atoms with Gasteiger partial charge in [-0.15, -0.1) is 10.2 Å². The molecular formula is C19H22N4OS. The van der Waals surface area contributed by atoms with Gasteiger partial charge in [-0.3, -0.25) is 4.79 Å². The highest BCUT2D eigenvalue weighted by Gasteiger charge is 2.20. The molecular weight excluding hydrogens is 332 g/mol. The van der Waals surface area contributed by atoms with Crippen molar-refractivity contribution < 1.29 is 4.79 Å². The smallest absolute Gasteiger partial charge is 0.191 e. The molecule has 0 radical (unpaired) electrons. The summed E-state index contributed by atoms with van der Waals surface area (Å²) >= 11 is 1.42. The third-order valence-corrected chi connectivity index (χ3v) is 5.49. The normalized spacial score (nSPS) is 12.3. The van der Waals surface area contributed by atoms with Crippen LogP contribution in [-0.4, -0.2) is 30.9 Å². The molecule has 0 aliphatic heterocycles. The molecule has 2 aromatic heterocycles. The zero-order chi connectivity index (χ0) is 18.0. The van der Waals surface area contributed by atoms with Crippen molar-refractivity contribution in [1.82, 2.24) is 19.3 Å². The molecule has 0 saturated carbocycles. The Bertz CT molecular complexity index is 882. The van der Waals surface area contributed by atoms with Crippen molar-refractivity contribution in [2.75, 3.05) is 5.75 Å². The Morgan fingerprint density at radius 2 is 1.96 bits per heavy atom. The minimum atomic E-state index is 0.118. The second-order valence-electron chi connectivity index (χ2n) is 6.18. The van der Waals surface area contributed by atoms with Crippen molar-refractivity contribution >= 4 is 17.5 Å². The maximum Gasteiger partial charge on any atom is 0.191 e. The first-order valence-electron chi connectivity index (χ1n) is 8.22. The molecule has 0 aliphatic carbocycles. The number of carbonyl (C=O) groups excluding carboxylic acids is 1. The van der Waals surface area contributed by atoms with Gasteiger partial charge in [0.05, 0.1) is 11.8 Å². The van der Waals surface area contributed by atoms with Gasteiger partial charge in [0, 0.05) is 24.0 Å². The van der Waals surface area contributed by atoms with Crippen molar-refractivity contribution in [2.24, 2.45) is 7.05 Å². The number of nitrogens with zero attached hydrogens (tertiary/aromatic N) is 4. The third kappa shape index (κ3) is 3.54. The molecule has 2 heterocycles. The highest BCUT2D eigenvalue weighted by atomic mass is 32.2. The quantitative estimate of drug-likeness (QED) is 0.499. The number of carbonyl (C=O) groups is 1. The van der Waals surface area contributed by atoms with Gasteiger partial charge < -0.3 is 9.13 Å². The SMILES string of the molecule is Cc1cc(C(=O)CSc2nncn2C)c(C)n1[C@H](C)c1ccccc1. The molecule has 6 heteroatoms. The van der Waals surface area contributed by atoms with Crippen molar-refractivity contribution in [1.29, 1.82) is 0 Å². The lowest BCUT2D eigenvalue weighted by atomic mass is 10.1. The Hall–Kier alpha value is -2.34. The van der Waals surface area contributed by atoms with E-state index < -0.39 is 0 Å². The van der Waals surface area contributed by atoms with Gasteiger partial charge in [0.1, 0.15) is 6.33 Å². The zero-order valence-corrected chi connectivity index (χ0v) is 15.7. The summed E-state index contributed by atoms with van der Waals surface area (Å²) in [4.78, 5) is 12.7. The summed E-state index contributed by atoms with van der Waals surface area (Å²) in [6.45, 7) is 6.24. The first-order chi connectivity index (χ1) is 12.0. The van der Waals surface area contributed by atoms with E-state index in [1.807, 2.05) is 42.8 Å². The molecule has 0 N–H and O–H groups in total. The lowest BCUT2D eigenvalue weighted by Gasteiger charge is -2.19. The van der Waals surface area contributed by atoms with Crippen molar-refractivity contribution in [3.05, 3.63) is 65.2 Å². The van der Waals surface area contributed by atoms with Crippen LogP contribution in [0.1, 0.15) is 40.3 Å². The molecule has 5 nitrogen and oxygen atoms in total. The van der Waals surface area contributed by atoms with E-state index in [1.54, 1.807) is 6.33 Å². The maximum absolute atomic E-state index is 12.7. The molecule has 0 fully saturated rings. The van der Waals surface area contributed by atoms with E-state index in [2.05, 4.69) is 40.7 Å². The number of ketones is 1. The number of rotatable bonds is 6. The third-order valence-electron chi connectivity index (χ3n) is 4.46. The van der Waals surface area contributed by atoms with Crippen LogP contribution < -0.4 is 0 Å². The lowest BCUT2D eigenvalue weighted by molar-refractivity contribution is 0.102. The van der Waals surface area contributed by atoms with E-state index in [1.165, 1.54) is 17.3 Å². The second kappa shape index (κ2) is 7.27. The van der Waals surface area contributed by atoms with Crippen LogP contribution >= 0.6 is 11.8 Å². The van der Waals surface area contributed by atoms with E-state index >= 15 is 0 Å². The summed E-state index contributed by atoms with van der Waals surface area (Å²) in [5, 5.41) is 8.60. The molecule has 0 amide bonds. The van der Waals surface area contributed by atoms with Crippen LogP contribution in [0.25, 0.3) is 0 Å². The second-order valence-corrected chi connectivity index (χ2v) is 7.12. The minimum Gasteiger partial charge on any atom is -0.341 e. The van der Waals surface area contributed by atoms with E-state index in [-0.39, 0.29) is 11.8 Å². The Labute approximate surface area is 152 Å². The zero-order valence-electron chi connectivity index (χ0n) is 14.9. The summed E-state index contributed by atoms with van der Waals surface area (Å²) in [6, 6.07) is 12.5. The van der Waals surface area contributed by atoms with Gasteiger partial charge in [-0.2, -0.15) is 0 Å². The summed E-state index contributed by atoms with van der Waals surface area (Å²) in [5.41, 5.74) is 4.13. The van der Waals surface area contributed by atoms with E-state index in [4.69, 9.17) is 0 Å². The van der Waals surface area contributed by atoms with Gasteiger partial charge in [0.15, 0.2) is 10.9 Å². The molecule has 0 aliphatic rings. The standard InChI is InChI=1S/C19H22N4OS/c1-13-10-17(18(24)11-25-19-21-20-12-22(19)4)15(3)23(13)14(2)16-8-6-5-7-9-16/h5-10,12,14H,11H2,1-4H3/t14-/m1/s1. The average Bonchev–Trinajstić information content (AvgIpc) is 3.15. The number of aryl methyl sites for hydroxylation is 2. The lowest BCUT2D eigenvalue weighted by Crippen LogP contribution is -2.12. The first-order valence-corrected chi connectivity index (χ1v) is 9.21. The number of thioether (sulfide) groups is 1. The fourth-order valence-electron chi connectivity index (χ4n) is 3.15. The fraction of sp³-hybridized carbons (Fsp3) is 0.316. The molecule has 0 unspecified atom stereocenters. The van der Waals surface area contributed by atoms with Gasteiger partial charge >= 0.3 is 0 Å². The predicted molar refractivity (Wildman–Crippen MR) is 100 cm³/mol. The predicted octanol–water partition coefficient (Wildman–Crippen LogP) is 3.82. The van der Waals surface area contributed by atoms with Crippen LogP contribution in [0.4, 0.5) is 0 Å². The molecule has 25 heavy (non-hydrogen) atoms. The molecule has 0 saturated heterocycles. The van der Waals surface area contributed by atoms with Crippen molar-refractivity contribution in [2.45, 2.75) is 32.0 Å². The van der Waals surface area contributed by atoms with Crippen LogP contribution in [0.3, 0.4) is 0 Å². The number of hydrogen-bond acceptors (Lipinski definition) is 4. The summed E-state index contributed by atoms with van der Waals surface area (Å²) in [7, 11) is 1.88. The number of aromatic nitrogens is 4. The molecule has 0 bridgehead atoms. The van der Waals surface area contributed by atoms with Gasteiger partial charge in [-0.05, 0) is 32.4 Å². The van der Waals surface area contributed by atoms with Crippen LogP contribution in [-0.2, 0) is 7.05 Å². The van der Waals surface area contributed by atoms with E-state index in [9.17, 15) is 4.79 Å². The Balaban J connectivity index is 1.81. The fourth-order valence-corrected chi connectivity index (χ4v) is 3.92. The number of hydrogen-bond donors (Lipinski definition) is 0. The maximum atomic E-state index is 12.7. The molecule has 3 rings (SSSR count).